The third kappa shape index (κ3) is 1.52. The Hall–Kier alpha value is -2.03. The predicted molar refractivity (Wildman–Crippen MR) is 54.9 cm³/mol. The molecule has 2 aliphatic rings. The van der Waals surface area contributed by atoms with Crippen molar-refractivity contribution in [3.8, 4) is 0 Å². The second-order valence-corrected chi connectivity index (χ2v) is 3.02. The van der Waals surface area contributed by atoms with Crippen LogP contribution in [0, 0.1) is 0 Å². The van der Waals surface area contributed by atoms with Gasteiger partial charge in [-0.15, -0.1) is 0 Å². The Balaban J connectivity index is 2.38. The van der Waals surface area contributed by atoms with Crippen molar-refractivity contribution in [2.45, 2.75) is 0 Å². The van der Waals surface area contributed by atoms with E-state index in [0.29, 0.717) is 5.70 Å². The number of hydrogen-bond acceptors (Lipinski definition) is 2. The number of nitrogens with one attached hydrogen (secondary N) is 1. The van der Waals surface area contributed by atoms with Crippen LogP contribution in [0.5, 0.6) is 0 Å². The fourth-order valence-electron chi connectivity index (χ4n) is 1.32. The summed E-state index contributed by atoms with van der Waals surface area (Å²) in [7, 11) is 0. The van der Waals surface area contributed by atoms with Gasteiger partial charge in [-0.25, -0.2) is 0 Å². The summed E-state index contributed by atoms with van der Waals surface area (Å²) in [6, 6.07) is 0. The molecule has 0 saturated heterocycles. The molecule has 1 heterocycles. The Labute approximate surface area is 82.0 Å². The van der Waals surface area contributed by atoms with Gasteiger partial charge in [0.1, 0.15) is 5.70 Å². The molecule has 0 fully saturated rings. The van der Waals surface area contributed by atoms with E-state index >= 15 is 0 Å². The number of carbonyl (C=O) groups excluding carboxylic acids is 1. The lowest BCUT2D eigenvalue weighted by atomic mass is 10.1. The van der Waals surface area contributed by atoms with E-state index in [2.05, 4.69) is 5.32 Å². The molecule has 1 aliphatic heterocycles. The number of carbonyl (C=O) groups is 1. The maximum absolute atomic E-state index is 10.9. The SMILES string of the molecule is NC(=O)C1=CC=C2C=CC=CC=C2N1. The van der Waals surface area contributed by atoms with E-state index in [0.717, 1.165) is 11.3 Å². The van der Waals surface area contributed by atoms with Crippen molar-refractivity contribution in [3.63, 3.8) is 0 Å². The van der Waals surface area contributed by atoms with Crippen molar-refractivity contribution < 1.29 is 4.79 Å². The van der Waals surface area contributed by atoms with Crippen LogP contribution in [0.2, 0.25) is 0 Å². The summed E-state index contributed by atoms with van der Waals surface area (Å²) in [5, 5.41) is 2.97. The molecule has 0 spiro atoms. The number of dihydropyridines is 1. The molecule has 3 nitrogen and oxygen atoms in total. The molecule has 0 aromatic heterocycles. The van der Waals surface area contributed by atoms with Crippen molar-refractivity contribution in [2.24, 2.45) is 5.73 Å². The first kappa shape index (κ1) is 8.56. The van der Waals surface area contributed by atoms with Crippen LogP contribution in [-0.2, 0) is 4.79 Å². The molecular weight excluding hydrogens is 176 g/mol. The van der Waals surface area contributed by atoms with Crippen molar-refractivity contribution in [1.82, 2.24) is 5.32 Å². The van der Waals surface area contributed by atoms with Crippen molar-refractivity contribution in [2.75, 3.05) is 0 Å². The van der Waals surface area contributed by atoms with Gasteiger partial charge in [0.05, 0.1) is 0 Å². The van der Waals surface area contributed by atoms with E-state index < -0.39 is 5.91 Å². The monoisotopic (exact) mass is 186 g/mol. The number of primary amides is 1. The third-order valence-electron chi connectivity index (χ3n) is 2.04. The first-order valence-electron chi connectivity index (χ1n) is 4.31. The van der Waals surface area contributed by atoms with E-state index in [-0.39, 0.29) is 0 Å². The number of hydrogen-bond donors (Lipinski definition) is 2. The highest BCUT2D eigenvalue weighted by molar-refractivity contribution is 5.92. The number of fused-ring (bicyclic) bond motifs is 1. The normalized spacial score (nSPS) is 18.4. The first-order valence-corrected chi connectivity index (χ1v) is 4.31. The minimum atomic E-state index is -0.446. The molecule has 2 rings (SSSR count). The van der Waals surface area contributed by atoms with Gasteiger partial charge in [-0.05, 0) is 17.7 Å². The van der Waals surface area contributed by atoms with E-state index in [1.807, 2.05) is 36.5 Å². The molecule has 70 valence electrons. The van der Waals surface area contributed by atoms with Crippen LogP contribution in [0.3, 0.4) is 0 Å². The maximum atomic E-state index is 10.9. The summed E-state index contributed by atoms with van der Waals surface area (Å²) < 4.78 is 0. The standard InChI is InChI=1S/C11H10N2O/c12-11(14)10-7-6-8-4-2-1-3-5-9(8)13-10/h1-7,13H,(H2,12,14). The molecule has 0 radical (unpaired) electrons. The fourth-order valence-corrected chi connectivity index (χ4v) is 1.32. The van der Waals surface area contributed by atoms with E-state index in [1.165, 1.54) is 0 Å². The summed E-state index contributed by atoms with van der Waals surface area (Å²) in [4.78, 5) is 10.9. The van der Waals surface area contributed by atoms with Crippen LogP contribution in [0.4, 0.5) is 0 Å². The Bertz CT molecular complexity index is 423. The molecule has 0 atom stereocenters. The van der Waals surface area contributed by atoms with Gasteiger partial charge in [0.25, 0.3) is 5.91 Å². The van der Waals surface area contributed by atoms with E-state index in [4.69, 9.17) is 5.73 Å². The highest BCUT2D eigenvalue weighted by Gasteiger charge is 2.12. The van der Waals surface area contributed by atoms with E-state index in [9.17, 15) is 4.79 Å². The summed E-state index contributed by atoms with van der Waals surface area (Å²) in [6.07, 6.45) is 13.2. The Kier molecular flexibility index (Phi) is 2.07. The predicted octanol–water partition coefficient (Wildman–Crippen LogP) is 0.895. The molecule has 0 unspecified atom stereocenters. The third-order valence-corrected chi connectivity index (χ3v) is 2.04. The highest BCUT2D eigenvalue weighted by atomic mass is 16.1. The van der Waals surface area contributed by atoms with Crippen LogP contribution in [0.25, 0.3) is 0 Å². The molecule has 3 heteroatoms. The molecule has 0 bridgehead atoms. The van der Waals surface area contributed by atoms with Gasteiger partial charge >= 0.3 is 0 Å². The number of amides is 1. The molecule has 0 saturated carbocycles. The Morgan fingerprint density at radius 1 is 1.14 bits per heavy atom. The van der Waals surface area contributed by atoms with Crippen molar-refractivity contribution in [1.29, 1.82) is 0 Å². The number of allylic oxidation sites excluding steroid dienone is 7. The Morgan fingerprint density at radius 3 is 2.79 bits per heavy atom. The summed E-state index contributed by atoms with van der Waals surface area (Å²) in [6.45, 7) is 0. The van der Waals surface area contributed by atoms with Crippen LogP contribution in [0.1, 0.15) is 0 Å². The fraction of sp³-hybridized carbons (Fsp3) is 0. The lowest BCUT2D eigenvalue weighted by Crippen LogP contribution is -2.27. The average Bonchev–Trinajstić information content (AvgIpc) is 2.41. The van der Waals surface area contributed by atoms with Crippen molar-refractivity contribution >= 4 is 5.91 Å². The molecule has 14 heavy (non-hydrogen) atoms. The zero-order valence-electron chi connectivity index (χ0n) is 7.53. The molecule has 0 aromatic rings. The largest absolute Gasteiger partial charge is 0.364 e. The highest BCUT2D eigenvalue weighted by Crippen LogP contribution is 2.17. The zero-order chi connectivity index (χ0) is 9.97. The van der Waals surface area contributed by atoms with Gasteiger partial charge in [0.2, 0.25) is 0 Å². The van der Waals surface area contributed by atoms with Crippen LogP contribution < -0.4 is 11.1 Å². The molecule has 1 aliphatic carbocycles. The van der Waals surface area contributed by atoms with Crippen LogP contribution in [0.15, 0.2) is 59.5 Å². The molecular formula is C11H10N2O. The Morgan fingerprint density at radius 2 is 2.00 bits per heavy atom. The van der Waals surface area contributed by atoms with Crippen LogP contribution >= 0.6 is 0 Å². The second-order valence-electron chi connectivity index (χ2n) is 3.02. The summed E-state index contributed by atoms with van der Waals surface area (Å²) in [5.74, 6) is -0.446. The van der Waals surface area contributed by atoms with Crippen molar-refractivity contribution in [3.05, 3.63) is 59.5 Å². The first-order chi connectivity index (χ1) is 6.77. The second kappa shape index (κ2) is 3.38. The minimum Gasteiger partial charge on any atom is -0.364 e. The lowest BCUT2D eigenvalue weighted by Gasteiger charge is -2.15. The smallest absolute Gasteiger partial charge is 0.265 e. The van der Waals surface area contributed by atoms with E-state index in [1.54, 1.807) is 6.08 Å². The lowest BCUT2D eigenvalue weighted by molar-refractivity contribution is -0.114. The number of nitrogens with two attached hydrogens (primary N) is 1. The minimum absolute atomic E-state index is 0.420. The topological polar surface area (TPSA) is 55.1 Å². The van der Waals surface area contributed by atoms with Gasteiger partial charge in [-0.3, -0.25) is 4.79 Å². The van der Waals surface area contributed by atoms with Gasteiger partial charge in [-0.1, -0.05) is 30.4 Å². The molecule has 0 aromatic carbocycles. The van der Waals surface area contributed by atoms with Crippen LogP contribution in [-0.4, -0.2) is 5.91 Å². The summed E-state index contributed by atoms with van der Waals surface area (Å²) >= 11 is 0. The van der Waals surface area contributed by atoms with Gasteiger partial charge < -0.3 is 11.1 Å². The average molecular weight is 186 g/mol. The molecule has 1 amide bonds. The van der Waals surface area contributed by atoms with Gasteiger partial charge in [0.15, 0.2) is 0 Å². The zero-order valence-corrected chi connectivity index (χ0v) is 7.53. The molecule has 3 N–H and O–H groups in total. The quantitative estimate of drug-likeness (QED) is 0.639. The van der Waals surface area contributed by atoms with Gasteiger partial charge in [0, 0.05) is 5.70 Å². The summed E-state index contributed by atoms with van der Waals surface area (Å²) in [5.41, 5.74) is 7.52. The maximum Gasteiger partial charge on any atom is 0.265 e. The number of rotatable bonds is 1. The van der Waals surface area contributed by atoms with Gasteiger partial charge in [-0.2, -0.15) is 0 Å².